The maximum absolute atomic E-state index is 12.3. The molecule has 0 amide bonds. The molecular formula is C14H19NO2S. The molecule has 1 unspecified atom stereocenters. The standard InChI is InChI=1S/C14H19NO2S/c1-18-14(12-5-3-2-4-6-12)13(16)11-15-7-9-17-10-8-15/h2-6,14H,7-11H2,1H3. The maximum Gasteiger partial charge on any atom is 0.164 e. The molecule has 1 aliphatic heterocycles. The fourth-order valence-corrected chi connectivity index (χ4v) is 2.91. The summed E-state index contributed by atoms with van der Waals surface area (Å²) in [5.41, 5.74) is 1.10. The van der Waals surface area contributed by atoms with Crippen molar-refractivity contribution in [1.82, 2.24) is 4.90 Å². The van der Waals surface area contributed by atoms with Gasteiger partial charge in [-0.05, 0) is 11.8 Å². The van der Waals surface area contributed by atoms with E-state index in [0.29, 0.717) is 6.54 Å². The Bertz CT molecular complexity index is 377. The van der Waals surface area contributed by atoms with Crippen LogP contribution in [0.5, 0.6) is 0 Å². The molecule has 0 N–H and O–H groups in total. The van der Waals surface area contributed by atoms with Gasteiger partial charge in [-0.15, -0.1) is 11.8 Å². The monoisotopic (exact) mass is 265 g/mol. The van der Waals surface area contributed by atoms with Crippen LogP contribution in [0.1, 0.15) is 10.8 Å². The molecule has 18 heavy (non-hydrogen) atoms. The topological polar surface area (TPSA) is 29.5 Å². The Labute approximate surface area is 113 Å². The Kier molecular flexibility index (Phi) is 5.23. The fraction of sp³-hybridized carbons (Fsp3) is 0.500. The molecule has 4 heteroatoms. The van der Waals surface area contributed by atoms with Crippen molar-refractivity contribution in [2.24, 2.45) is 0 Å². The second-order valence-electron chi connectivity index (χ2n) is 4.38. The summed E-state index contributed by atoms with van der Waals surface area (Å²) in [7, 11) is 0. The molecule has 1 aliphatic rings. The molecule has 0 spiro atoms. The molecule has 1 aromatic carbocycles. The van der Waals surface area contributed by atoms with Crippen molar-refractivity contribution in [3.63, 3.8) is 0 Å². The van der Waals surface area contributed by atoms with E-state index in [4.69, 9.17) is 4.74 Å². The van der Waals surface area contributed by atoms with Crippen molar-refractivity contribution >= 4 is 17.5 Å². The van der Waals surface area contributed by atoms with Crippen LogP contribution < -0.4 is 0 Å². The van der Waals surface area contributed by atoms with Crippen molar-refractivity contribution in [1.29, 1.82) is 0 Å². The highest BCUT2D eigenvalue weighted by atomic mass is 32.2. The minimum absolute atomic E-state index is 0.0472. The normalized spacial score (nSPS) is 18.5. The van der Waals surface area contributed by atoms with Gasteiger partial charge >= 0.3 is 0 Å². The SMILES string of the molecule is CSC(C(=O)CN1CCOCC1)c1ccccc1. The third-order valence-electron chi connectivity index (χ3n) is 3.11. The van der Waals surface area contributed by atoms with Crippen LogP contribution in [0.4, 0.5) is 0 Å². The summed E-state index contributed by atoms with van der Waals surface area (Å²) < 4.78 is 5.29. The quantitative estimate of drug-likeness (QED) is 0.814. The number of hydrogen-bond acceptors (Lipinski definition) is 4. The molecule has 0 aliphatic carbocycles. The van der Waals surface area contributed by atoms with Crippen LogP contribution in [0.3, 0.4) is 0 Å². The Morgan fingerprint density at radius 1 is 1.33 bits per heavy atom. The van der Waals surface area contributed by atoms with Gasteiger partial charge in [0.2, 0.25) is 0 Å². The summed E-state index contributed by atoms with van der Waals surface area (Å²) in [6.45, 7) is 3.73. The Morgan fingerprint density at radius 3 is 2.61 bits per heavy atom. The summed E-state index contributed by atoms with van der Waals surface area (Å²) >= 11 is 1.61. The van der Waals surface area contributed by atoms with Crippen molar-refractivity contribution in [2.45, 2.75) is 5.25 Å². The van der Waals surface area contributed by atoms with Crippen LogP contribution in [-0.2, 0) is 9.53 Å². The molecular weight excluding hydrogens is 246 g/mol. The first-order valence-corrected chi connectivity index (χ1v) is 7.50. The molecule has 1 aromatic rings. The van der Waals surface area contributed by atoms with Gasteiger partial charge in [0.1, 0.15) is 0 Å². The number of carbonyl (C=O) groups is 1. The van der Waals surface area contributed by atoms with Crippen LogP contribution in [0, 0.1) is 0 Å². The first-order valence-electron chi connectivity index (χ1n) is 6.22. The van der Waals surface area contributed by atoms with Crippen LogP contribution >= 0.6 is 11.8 Å². The molecule has 0 radical (unpaired) electrons. The number of rotatable bonds is 5. The highest BCUT2D eigenvalue weighted by molar-refractivity contribution is 7.99. The van der Waals surface area contributed by atoms with Crippen LogP contribution in [-0.4, -0.2) is 49.8 Å². The van der Waals surface area contributed by atoms with Gasteiger partial charge in [-0.2, -0.15) is 0 Å². The van der Waals surface area contributed by atoms with Gasteiger partial charge in [-0.25, -0.2) is 0 Å². The number of thioether (sulfide) groups is 1. The molecule has 98 valence electrons. The molecule has 1 fully saturated rings. The van der Waals surface area contributed by atoms with Gasteiger partial charge in [0.15, 0.2) is 5.78 Å². The molecule has 0 aromatic heterocycles. The number of benzene rings is 1. The summed E-state index contributed by atoms with van der Waals surface area (Å²) in [5.74, 6) is 0.288. The van der Waals surface area contributed by atoms with Gasteiger partial charge in [0.05, 0.1) is 25.0 Å². The Morgan fingerprint density at radius 2 is 2.00 bits per heavy atom. The molecule has 2 rings (SSSR count). The maximum atomic E-state index is 12.3. The third kappa shape index (κ3) is 3.57. The molecule has 0 bridgehead atoms. The molecule has 0 saturated carbocycles. The highest BCUT2D eigenvalue weighted by Crippen LogP contribution is 2.27. The molecule has 3 nitrogen and oxygen atoms in total. The highest BCUT2D eigenvalue weighted by Gasteiger charge is 2.22. The molecule has 1 atom stereocenters. The number of carbonyl (C=O) groups excluding carboxylic acids is 1. The van der Waals surface area contributed by atoms with E-state index in [1.807, 2.05) is 36.6 Å². The summed E-state index contributed by atoms with van der Waals surface area (Å²) in [6, 6.07) is 10.0. The van der Waals surface area contributed by atoms with E-state index < -0.39 is 0 Å². The zero-order valence-electron chi connectivity index (χ0n) is 10.7. The van der Waals surface area contributed by atoms with Crippen molar-refractivity contribution in [2.75, 3.05) is 39.1 Å². The average Bonchev–Trinajstić information content (AvgIpc) is 2.42. The van der Waals surface area contributed by atoms with Crippen molar-refractivity contribution in [3.05, 3.63) is 35.9 Å². The zero-order chi connectivity index (χ0) is 12.8. The van der Waals surface area contributed by atoms with E-state index in [-0.39, 0.29) is 11.0 Å². The second-order valence-corrected chi connectivity index (χ2v) is 5.32. The second kappa shape index (κ2) is 6.92. The Hall–Kier alpha value is -0.840. The lowest BCUT2D eigenvalue weighted by atomic mass is 10.1. The largest absolute Gasteiger partial charge is 0.379 e. The first kappa shape index (κ1) is 13.6. The Balaban J connectivity index is 1.97. The van der Waals surface area contributed by atoms with Crippen LogP contribution in [0.2, 0.25) is 0 Å². The van der Waals surface area contributed by atoms with Crippen molar-refractivity contribution in [3.8, 4) is 0 Å². The van der Waals surface area contributed by atoms with Gasteiger partial charge in [0.25, 0.3) is 0 Å². The number of Topliss-reactive ketones (excluding diaryl/α,β-unsaturated/α-hetero) is 1. The fourth-order valence-electron chi connectivity index (χ4n) is 2.14. The van der Waals surface area contributed by atoms with E-state index in [0.717, 1.165) is 31.9 Å². The van der Waals surface area contributed by atoms with Gasteiger partial charge in [0, 0.05) is 13.1 Å². The van der Waals surface area contributed by atoms with Gasteiger partial charge in [-0.1, -0.05) is 30.3 Å². The number of morpholine rings is 1. The van der Waals surface area contributed by atoms with E-state index in [1.54, 1.807) is 11.8 Å². The first-order chi connectivity index (χ1) is 8.81. The minimum Gasteiger partial charge on any atom is -0.379 e. The van der Waals surface area contributed by atoms with Crippen LogP contribution in [0.15, 0.2) is 30.3 Å². The van der Waals surface area contributed by atoms with E-state index in [2.05, 4.69) is 4.90 Å². The van der Waals surface area contributed by atoms with E-state index in [1.165, 1.54) is 0 Å². The number of nitrogens with zero attached hydrogens (tertiary/aromatic N) is 1. The lowest BCUT2D eigenvalue weighted by Crippen LogP contribution is -2.40. The van der Waals surface area contributed by atoms with E-state index >= 15 is 0 Å². The summed E-state index contributed by atoms with van der Waals surface area (Å²) in [6.07, 6.45) is 1.99. The molecule has 1 saturated heterocycles. The average molecular weight is 265 g/mol. The van der Waals surface area contributed by atoms with Gasteiger partial charge in [-0.3, -0.25) is 9.69 Å². The zero-order valence-corrected chi connectivity index (χ0v) is 11.5. The number of ketones is 1. The van der Waals surface area contributed by atoms with Gasteiger partial charge < -0.3 is 4.74 Å². The van der Waals surface area contributed by atoms with E-state index in [9.17, 15) is 4.79 Å². The summed E-state index contributed by atoms with van der Waals surface area (Å²) in [5, 5.41) is -0.0472. The number of hydrogen-bond donors (Lipinski definition) is 0. The lowest BCUT2D eigenvalue weighted by molar-refractivity contribution is -0.120. The number of ether oxygens (including phenoxy) is 1. The summed E-state index contributed by atoms with van der Waals surface area (Å²) in [4.78, 5) is 14.5. The predicted octanol–water partition coefficient (Wildman–Crippen LogP) is 1.99. The smallest absolute Gasteiger partial charge is 0.164 e. The lowest BCUT2D eigenvalue weighted by Gasteiger charge is -2.27. The predicted molar refractivity (Wildman–Crippen MR) is 75.0 cm³/mol. The minimum atomic E-state index is -0.0472. The third-order valence-corrected chi connectivity index (χ3v) is 4.12. The molecule has 1 heterocycles. The van der Waals surface area contributed by atoms with Crippen LogP contribution in [0.25, 0.3) is 0 Å². The van der Waals surface area contributed by atoms with Crippen molar-refractivity contribution < 1.29 is 9.53 Å².